The van der Waals surface area contributed by atoms with E-state index in [-0.39, 0.29) is 6.04 Å². The van der Waals surface area contributed by atoms with Crippen molar-refractivity contribution in [2.45, 2.75) is 18.9 Å². The summed E-state index contributed by atoms with van der Waals surface area (Å²) in [5.41, 5.74) is 7.00. The third-order valence-corrected chi connectivity index (χ3v) is 2.87. The number of hydrogen-bond acceptors (Lipinski definition) is 2. The van der Waals surface area contributed by atoms with E-state index in [0.717, 1.165) is 24.9 Å². The summed E-state index contributed by atoms with van der Waals surface area (Å²) in [5.74, 6) is 0. The molecular formula is C11H16Cl2N2. The molecule has 0 radical (unpaired) electrons. The molecule has 84 valence electrons. The molecule has 0 spiro atoms. The first-order valence-electron chi connectivity index (χ1n) is 5.00. The summed E-state index contributed by atoms with van der Waals surface area (Å²) in [7, 11) is 1.93. The minimum Gasteiger partial charge on any atom is -0.324 e. The molecule has 0 aliphatic carbocycles. The molecule has 0 amide bonds. The van der Waals surface area contributed by atoms with Crippen LogP contribution in [-0.2, 0) is 0 Å². The molecule has 1 atom stereocenters. The molecule has 0 aliphatic rings. The Kier molecular flexibility index (Phi) is 5.40. The number of nitrogens with one attached hydrogen (secondary N) is 1. The quantitative estimate of drug-likeness (QED) is 0.785. The normalized spacial score (nSPS) is 12.8. The maximum atomic E-state index is 6.06. The molecule has 0 bridgehead atoms. The van der Waals surface area contributed by atoms with Gasteiger partial charge in [-0.3, -0.25) is 0 Å². The van der Waals surface area contributed by atoms with Crippen LogP contribution in [0.1, 0.15) is 24.4 Å². The highest BCUT2D eigenvalue weighted by Gasteiger charge is 2.09. The minimum atomic E-state index is -0.0110. The number of hydrogen-bond donors (Lipinski definition) is 2. The van der Waals surface area contributed by atoms with Gasteiger partial charge in [-0.1, -0.05) is 29.3 Å². The Balaban J connectivity index is 2.61. The van der Waals surface area contributed by atoms with Crippen molar-refractivity contribution in [3.63, 3.8) is 0 Å². The maximum Gasteiger partial charge on any atom is 0.0468 e. The molecule has 3 N–H and O–H groups in total. The largest absolute Gasteiger partial charge is 0.324 e. The molecule has 0 saturated carbocycles. The fourth-order valence-corrected chi connectivity index (χ4v) is 2.01. The van der Waals surface area contributed by atoms with Gasteiger partial charge in [0.05, 0.1) is 0 Å². The van der Waals surface area contributed by atoms with Crippen molar-refractivity contribution in [1.29, 1.82) is 0 Å². The SMILES string of the molecule is CNCCCC(N)c1ccc(Cl)cc1Cl. The molecule has 1 unspecified atom stereocenters. The lowest BCUT2D eigenvalue weighted by Crippen LogP contribution is -2.14. The highest BCUT2D eigenvalue weighted by atomic mass is 35.5. The van der Waals surface area contributed by atoms with Gasteiger partial charge in [0.15, 0.2) is 0 Å². The first kappa shape index (κ1) is 12.8. The first-order valence-corrected chi connectivity index (χ1v) is 5.76. The van der Waals surface area contributed by atoms with E-state index in [9.17, 15) is 0 Å². The molecule has 0 saturated heterocycles. The van der Waals surface area contributed by atoms with Gasteiger partial charge in [0.1, 0.15) is 0 Å². The molecule has 1 aromatic carbocycles. The molecule has 2 nitrogen and oxygen atoms in total. The fraction of sp³-hybridized carbons (Fsp3) is 0.455. The van der Waals surface area contributed by atoms with Crippen molar-refractivity contribution in [3.8, 4) is 0 Å². The van der Waals surface area contributed by atoms with Crippen molar-refractivity contribution >= 4 is 23.2 Å². The average Bonchev–Trinajstić information content (AvgIpc) is 2.17. The fourth-order valence-electron chi connectivity index (χ4n) is 1.46. The van der Waals surface area contributed by atoms with Crippen LogP contribution >= 0.6 is 23.2 Å². The van der Waals surface area contributed by atoms with E-state index in [2.05, 4.69) is 5.32 Å². The molecule has 0 fully saturated rings. The van der Waals surface area contributed by atoms with E-state index < -0.39 is 0 Å². The summed E-state index contributed by atoms with van der Waals surface area (Å²) in [5, 5.41) is 4.39. The first-order chi connectivity index (χ1) is 7.15. The van der Waals surface area contributed by atoms with Crippen LogP contribution in [0.25, 0.3) is 0 Å². The maximum absolute atomic E-state index is 6.06. The summed E-state index contributed by atoms with van der Waals surface area (Å²) in [6.45, 7) is 0.971. The van der Waals surface area contributed by atoms with Crippen LogP contribution in [0.4, 0.5) is 0 Å². The Labute approximate surface area is 101 Å². The van der Waals surface area contributed by atoms with Crippen LogP contribution in [0.15, 0.2) is 18.2 Å². The van der Waals surface area contributed by atoms with E-state index >= 15 is 0 Å². The van der Waals surface area contributed by atoms with Crippen LogP contribution in [-0.4, -0.2) is 13.6 Å². The minimum absolute atomic E-state index is 0.0110. The van der Waals surface area contributed by atoms with E-state index in [4.69, 9.17) is 28.9 Å². The second kappa shape index (κ2) is 6.33. The standard InChI is InChI=1S/C11H16Cl2N2/c1-15-6-2-3-11(14)9-5-4-8(12)7-10(9)13/h4-5,7,11,15H,2-3,6,14H2,1H3. The molecule has 1 rings (SSSR count). The topological polar surface area (TPSA) is 38.0 Å². The van der Waals surface area contributed by atoms with Crippen LogP contribution in [0.5, 0.6) is 0 Å². The average molecular weight is 247 g/mol. The number of rotatable bonds is 5. The highest BCUT2D eigenvalue weighted by molar-refractivity contribution is 6.35. The van der Waals surface area contributed by atoms with Crippen LogP contribution < -0.4 is 11.1 Å². The third-order valence-electron chi connectivity index (χ3n) is 2.30. The van der Waals surface area contributed by atoms with Gasteiger partial charge in [0.25, 0.3) is 0 Å². The summed E-state index contributed by atoms with van der Waals surface area (Å²) in [6, 6.07) is 5.44. The van der Waals surface area contributed by atoms with Gasteiger partial charge in [-0.2, -0.15) is 0 Å². The summed E-state index contributed by atoms with van der Waals surface area (Å²) in [6.07, 6.45) is 1.96. The smallest absolute Gasteiger partial charge is 0.0468 e. The van der Waals surface area contributed by atoms with Gasteiger partial charge in [-0.15, -0.1) is 0 Å². The van der Waals surface area contributed by atoms with E-state index in [1.807, 2.05) is 19.2 Å². The lowest BCUT2D eigenvalue weighted by molar-refractivity contribution is 0.591. The van der Waals surface area contributed by atoms with Crippen LogP contribution in [0.3, 0.4) is 0 Å². The van der Waals surface area contributed by atoms with Crippen molar-refractivity contribution in [3.05, 3.63) is 33.8 Å². The Bertz CT molecular complexity index is 315. The van der Waals surface area contributed by atoms with E-state index in [0.29, 0.717) is 10.0 Å². The second-order valence-corrected chi connectivity index (χ2v) is 4.36. The number of nitrogens with two attached hydrogens (primary N) is 1. The highest BCUT2D eigenvalue weighted by Crippen LogP contribution is 2.27. The number of halogens is 2. The predicted octanol–water partition coefficient (Wildman–Crippen LogP) is 2.99. The predicted molar refractivity (Wildman–Crippen MR) is 66.6 cm³/mol. The van der Waals surface area contributed by atoms with Gasteiger partial charge in [-0.25, -0.2) is 0 Å². The van der Waals surface area contributed by atoms with Gasteiger partial charge < -0.3 is 11.1 Å². The van der Waals surface area contributed by atoms with Gasteiger partial charge >= 0.3 is 0 Å². The van der Waals surface area contributed by atoms with Crippen molar-refractivity contribution < 1.29 is 0 Å². The summed E-state index contributed by atoms with van der Waals surface area (Å²) < 4.78 is 0. The summed E-state index contributed by atoms with van der Waals surface area (Å²) >= 11 is 11.9. The second-order valence-electron chi connectivity index (χ2n) is 3.52. The Morgan fingerprint density at radius 2 is 2.13 bits per heavy atom. The lowest BCUT2D eigenvalue weighted by atomic mass is 10.0. The van der Waals surface area contributed by atoms with Gasteiger partial charge in [0, 0.05) is 16.1 Å². The van der Waals surface area contributed by atoms with Crippen LogP contribution in [0, 0.1) is 0 Å². The van der Waals surface area contributed by atoms with Crippen molar-refractivity contribution in [2.75, 3.05) is 13.6 Å². The Morgan fingerprint density at radius 1 is 1.40 bits per heavy atom. The molecule has 0 heterocycles. The van der Waals surface area contributed by atoms with Crippen molar-refractivity contribution in [1.82, 2.24) is 5.32 Å². The van der Waals surface area contributed by atoms with Crippen LogP contribution in [0.2, 0.25) is 10.0 Å². The van der Waals surface area contributed by atoms with E-state index in [1.54, 1.807) is 6.07 Å². The zero-order valence-electron chi connectivity index (χ0n) is 8.76. The lowest BCUT2D eigenvalue weighted by Gasteiger charge is -2.13. The van der Waals surface area contributed by atoms with Gasteiger partial charge in [0.2, 0.25) is 0 Å². The van der Waals surface area contributed by atoms with Crippen molar-refractivity contribution in [2.24, 2.45) is 5.73 Å². The molecule has 15 heavy (non-hydrogen) atoms. The molecule has 1 aromatic rings. The van der Waals surface area contributed by atoms with E-state index in [1.165, 1.54) is 0 Å². The zero-order chi connectivity index (χ0) is 11.3. The van der Waals surface area contributed by atoms with Gasteiger partial charge in [-0.05, 0) is 44.1 Å². The summed E-state index contributed by atoms with van der Waals surface area (Å²) in [4.78, 5) is 0. The molecule has 0 aliphatic heterocycles. The third kappa shape index (κ3) is 3.99. The number of benzene rings is 1. The Morgan fingerprint density at radius 3 is 2.73 bits per heavy atom. The molecule has 4 heteroatoms. The monoisotopic (exact) mass is 246 g/mol. The molecular weight excluding hydrogens is 231 g/mol. The zero-order valence-corrected chi connectivity index (χ0v) is 10.3. The molecule has 0 aromatic heterocycles. The Hall–Kier alpha value is -0.280.